The van der Waals surface area contributed by atoms with Crippen LogP contribution in [0.3, 0.4) is 0 Å². The number of aromatic nitrogens is 4. The van der Waals surface area contributed by atoms with Gasteiger partial charge in [0.05, 0.1) is 32.2 Å². The number of esters is 1. The second-order valence-electron chi connectivity index (χ2n) is 9.44. The molecule has 0 radical (unpaired) electrons. The van der Waals surface area contributed by atoms with E-state index in [0.29, 0.717) is 35.3 Å². The predicted octanol–water partition coefficient (Wildman–Crippen LogP) is 3.65. The van der Waals surface area contributed by atoms with Gasteiger partial charge in [-0.15, -0.1) is 0 Å². The number of methoxy groups -OCH3 is 1. The van der Waals surface area contributed by atoms with E-state index >= 15 is 0 Å². The number of ether oxygens (including phenoxy) is 2. The Hall–Kier alpha value is -3.94. The van der Waals surface area contributed by atoms with Gasteiger partial charge in [0.15, 0.2) is 11.5 Å². The van der Waals surface area contributed by atoms with Crippen molar-refractivity contribution in [3.8, 4) is 5.75 Å². The van der Waals surface area contributed by atoms with Crippen molar-refractivity contribution in [3.63, 3.8) is 0 Å². The number of carbonyl (C=O) groups is 1. The lowest BCUT2D eigenvalue weighted by Gasteiger charge is -2.26. The van der Waals surface area contributed by atoms with Crippen LogP contribution in [0, 0.1) is 0 Å². The summed E-state index contributed by atoms with van der Waals surface area (Å²) in [7, 11) is -2.66. The molecule has 1 saturated heterocycles. The summed E-state index contributed by atoms with van der Waals surface area (Å²) in [5.74, 6) is 0.0164. The van der Waals surface area contributed by atoms with E-state index in [1.54, 1.807) is 28.8 Å². The summed E-state index contributed by atoms with van der Waals surface area (Å²) in [6, 6.07) is 6.05. The van der Waals surface area contributed by atoms with Gasteiger partial charge in [0.25, 0.3) is 0 Å². The molecule has 1 fully saturated rings. The molecule has 3 heterocycles. The number of anilines is 2. The molecular weight excluding hydrogens is 555 g/mol. The van der Waals surface area contributed by atoms with Gasteiger partial charge < -0.3 is 25.5 Å². The topological polar surface area (TPSA) is 227 Å². The Balaban J connectivity index is 1.54. The molecule has 0 aliphatic carbocycles. The van der Waals surface area contributed by atoms with Gasteiger partial charge in [0, 0.05) is 23.8 Å². The number of hydrogen-bond donors (Lipinski definition) is 3. The molecule has 2 aromatic heterocycles. The highest BCUT2D eigenvalue weighted by atomic mass is 31.2. The third kappa shape index (κ3) is 7.23. The van der Waals surface area contributed by atoms with Crippen molar-refractivity contribution >= 4 is 36.6 Å². The summed E-state index contributed by atoms with van der Waals surface area (Å²) in [6.07, 6.45) is 1.39. The maximum Gasteiger partial charge on any atom is 0.459 e. The van der Waals surface area contributed by atoms with E-state index in [9.17, 15) is 14.9 Å². The highest BCUT2D eigenvalue weighted by Crippen LogP contribution is 2.47. The first-order valence-electron chi connectivity index (χ1n) is 13.0. The van der Waals surface area contributed by atoms with Gasteiger partial charge in [-0.05, 0) is 36.9 Å². The second-order valence-corrected chi connectivity index (χ2v) is 11.1. The van der Waals surface area contributed by atoms with Crippen LogP contribution in [0.15, 0.2) is 35.7 Å². The summed E-state index contributed by atoms with van der Waals surface area (Å²) in [4.78, 5) is 27.0. The number of aryl methyl sites for hydroxylation is 1. The van der Waals surface area contributed by atoms with Crippen LogP contribution >= 0.6 is 7.75 Å². The zero-order valence-corrected chi connectivity index (χ0v) is 23.8. The van der Waals surface area contributed by atoms with Gasteiger partial charge in [0.1, 0.15) is 17.5 Å². The highest BCUT2D eigenvalue weighted by molar-refractivity contribution is 7.52. The van der Waals surface area contributed by atoms with Crippen molar-refractivity contribution in [3.05, 3.63) is 46.6 Å². The molecule has 16 nitrogen and oxygen atoms in total. The van der Waals surface area contributed by atoms with Crippen LogP contribution < -0.4 is 21.1 Å². The van der Waals surface area contributed by atoms with Crippen molar-refractivity contribution < 1.29 is 27.9 Å². The zero-order valence-electron chi connectivity index (χ0n) is 22.9. The van der Waals surface area contributed by atoms with Crippen LogP contribution in [-0.2, 0) is 29.8 Å². The fourth-order valence-corrected chi connectivity index (χ4v) is 5.96. The van der Waals surface area contributed by atoms with Gasteiger partial charge in [0.2, 0.25) is 5.95 Å². The van der Waals surface area contributed by atoms with Crippen molar-refractivity contribution in [2.45, 2.75) is 63.9 Å². The first kappa shape index (κ1) is 30.0. The van der Waals surface area contributed by atoms with Crippen LogP contribution in [-0.4, -0.2) is 57.4 Å². The third-order valence-electron chi connectivity index (χ3n) is 6.60. The molecule has 5 N–H and O–H groups in total. The van der Waals surface area contributed by atoms with Crippen molar-refractivity contribution in [2.75, 3.05) is 25.2 Å². The number of benzene rings is 1. The molecule has 1 aliphatic rings. The number of nitrogen functional groups attached to an aromatic ring is 2. The van der Waals surface area contributed by atoms with E-state index in [2.05, 4.69) is 30.1 Å². The van der Waals surface area contributed by atoms with E-state index in [4.69, 9.17) is 30.0 Å². The monoisotopic (exact) mass is 588 g/mol. The molecule has 1 aliphatic heterocycles. The number of carbonyl (C=O) groups excluding carboxylic acids is 1. The molecule has 220 valence electrons. The van der Waals surface area contributed by atoms with Gasteiger partial charge in [-0.3, -0.25) is 13.9 Å². The molecule has 0 spiro atoms. The number of imidazole rings is 1. The van der Waals surface area contributed by atoms with Gasteiger partial charge in [-0.2, -0.15) is 9.97 Å². The number of azide groups is 1. The van der Waals surface area contributed by atoms with Crippen molar-refractivity contribution in [1.29, 1.82) is 0 Å². The standard InChI is InChI=1S/C24H33N10O6P/c1-4-14(2)32-41(36,40-17-8-6-5-7-15(17)9-10-20(35)37-3)38-12-18-16(31-33-27)11-19(39-18)34-13-28-21-22(25)29-24(26)30-23(21)34/h5-8,13-14,16,18-19H,4,9-12H2,1-3H3,(H,32,36)(H4,25,26,29,30)/t14-,16?,18+,19+,41?/m0/s1. The molecular formula is C24H33N10O6P. The molecule has 1 aromatic carbocycles. The molecule has 17 heteroatoms. The summed E-state index contributed by atoms with van der Waals surface area (Å²) in [6.45, 7) is 3.54. The molecule has 41 heavy (non-hydrogen) atoms. The Morgan fingerprint density at radius 1 is 1.37 bits per heavy atom. The van der Waals surface area contributed by atoms with Crippen molar-refractivity contribution in [2.24, 2.45) is 5.11 Å². The minimum absolute atomic E-state index is 0.0256. The molecule has 2 unspecified atom stereocenters. The normalized spacial score (nSPS) is 20.7. The van der Waals surface area contributed by atoms with Crippen LogP contribution in [0.25, 0.3) is 21.6 Å². The Morgan fingerprint density at radius 3 is 2.88 bits per heavy atom. The zero-order chi connectivity index (χ0) is 29.6. The minimum atomic E-state index is -3.98. The number of rotatable bonds is 13. The minimum Gasteiger partial charge on any atom is -0.469 e. The lowest BCUT2D eigenvalue weighted by Crippen LogP contribution is -2.30. The largest absolute Gasteiger partial charge is 0.469 e. The van der Waals surface area contributed by atoms with Crippen LogP contribution in [0.1, 0.15) is 44.9 Å². The summed E-state index contributed by atoms with van der Waals surface area (Å²) in [5, 5.41) is 6.81. The molecule has 0 amide bonds. The Bertz CT molecular complexity index is 1480. The number of nitrogens with one attached hydrogen (secondary N) is 1. The highest BCUT2D eigenvalue weighted by Gasteiger charge is 2.39. The molecule has 5 atom stereocenters. The lowest BCUT2D eigenvalue weighted by atomic mass is 10.1. The number of nitrogens with two attached hydrogens (primary N) is 2. The molecule has 0 saturated carbocycles. The number of fused-ring (bicyclic) bond motifs is 1. The lowest BCUT2D eigenvalue weighted by molar-refractivity contribution is -0.140. The maximum absolute atomic E-state index is 14.0. The third-order valence-corrected chi connectivity index (χ3v) is 8.28. The summed E-state index contributed by atoms with van der Waals surface area (Å²) in [5.41, 5.74) is 22.2. The van der Waals surface area contributed by atoms with Crippen LogP contribution in [0.4, 0.5) is 11.8 Å². The fraction of sp³-hybridized carbons (Fsp3) is 0.500. The van der Waals surface area contributed by atoms with E-state index in [1.807, 2.05) is 13.8 Å². The fourth-order valence-electron chi connectivity index (χ4n) is 4.28. The van der Waals surface area contributed by atoms with E-state index in [1.165, 1.54) is 13.4 Å². The number of para-hydroxylation sites is 1. The Morgan fingerprint density at radius 2 is 2.15 bits per heavy atom. The van der Waals surface area contributed by atoms with E-state index in [0.717, 1.165) is 0 Å². The van der Waals surface area contributed by atoms with Crippen molar-refractivity contribution in [1.82, 2.24) is 24.6 Å². The average Bonchev–Trinajstić information content (AvgIpc) is 3.55. The molecule has 3 aromatic rings. The quantitative estimate of drug-likeness (QED) is 0.0854. The Kier molecular flexibility index (Phi) is 9.63. The van der Waals surface area contributed by atoms with E-state index < -0.39 is 26.1 Å². The summed E-state index contributed by atoms with van der Waals surface area (Å²) < 4.78 is 38.4. The molecule has 4 rings (SSSR count). The first-order valence-corrected chi connectivity index (χ1v) is 14.5. The Labute approximate surface area is 235 Å². The molecule has 0 bridgehead atoms. The SMILES string of the molecule is CC[C@H](C)NP(=O)(OC[C@H]1O[C@@H](n2cnc3c(N)nc(N)nc32)CC1N=[N+]=[N-])Oc1ccccc1CCC(=O)OC. The van der Waals surface area contributed by atoms with E-state index in [-0.39, 0.29) is 43.2 Å². The van der Waals surface area contributed by atoms with Gasteiger partial charge in [-0.25, -0.2) is 14.6 Å². The first-order chi connectivity index (χ1) is 19.7. The maximum atomic E-state index is 14.0. The average molecular weight is 589 g/mol. The number of nitrogens with zero attached hydrogens (tertiary/aromatic N) is 7. The van der Waals surface area contributed by atoms with Crippen LogP contribution in [0.2, 0.25) is 0 Å². The second kappa shape index (κ2) is 13.1. The van der Waals surface area contributed by atoms with Gasteiger partial charge in [-0.1, -0.05) is 30.2 Å². The summed E-state index contributed by atoms with van der Waals surface area (Å²) >= 11 is 0. The van der Waals surface area contributed by atoms with Crippen LogP contribution in [0.5, 0.6) is 5.75 Å². The van der Waals surface area contributed by atoms with Gasteiger partial charge >= 0.3 is 13.7 Å². The predicted molar refractivity (Wildman–Crippen MR) is 149 cm³/mol. The smallest absolute Gasteiger partial charge is 0.459 e. The number of hydrogen-bond acceptors (Lipinski definition) is 12.